The van der Waals surface area contributed by atoms with Crippen LogP contribution in [-0.4, -0.2) is 64.1 Å². The fourth-order valence-electron chi connectivity index (χ4n) is 1.65. The Bertz CT molecular complexity index is 451. The summed E-state index contributed by atoms with van der Waals surface area (Å²) in [5.41, 5.74) is 0.435. The summed E-state index contributed by atoms with van der Waals surface area (Å²) >= 11 is 0. The molecule has 6 nitrogen and oxygen atoms in total. The summed E-state index contributed by atoms with van der Waals surface area (Å²) in [6, 6.07) is 6.80. The molecule has 21 heavy (non-hydrogen) atoms. The van der Waals surface area contributed by atoms with Gasteiger partial charge in [0.25, 0.3) is 5.91 Å². The van der Waals surface area contributed by atoms with Crippen LogP contribution in [0.25, 0.3) is 0 Å². The quantitative estimate of drug-likeness (QED) is 0.639. The zero-order valence-electron chi connectivity index (χ0n) is 12.5. The number of rotatable bonds is 10. The third-order valence-electron chi connectivity index (χ3n) is 2.90. The molecule has 0 aliphatic carbocycles. The highest BCUT2D eigenvalue weighted by Gasteiger charge is 2.06. The SMILES string of the molecule is COCCN(C)CCNC(=O)COc1ccccc1C=O. The number of benzene rings is 1. The standard InChI is InChI=1S/C15H22N2O4/c1-17(9-10-20-2)8-7-16-15(19)12-21-14-6-4-3-5-13(14)11-18/h3-6,11H,7-10,12H2,1-2H3,(H,16,19). The van der Waals surface area contributed by atoms with Gasteiger partial charge < -0.3 is 19.7 Å². The smallest absolute Gasteiger partial charge is 0.257 e. The van der Waals surface area contributed by atoms with Crippen LogP contribution in [0.2, 0.25) is 0 Å². The molecule has 0 fully saturated rings. The van der Waals surface area contributed by atoms with Gasteiger partial charge in [0, 0.05) is 26.7 Å². The lowest BCUT2D eigenvalue weighted by atomic mass is 10.2. The number of likely N-dealkylation sites (N-methyl/N-ethyl adjacent to an activating group) is 1. The first-order chi connectivity index (χ1) is 10.2. The van der Waals surface area contributed by atoms with Crippen molar-refractivity contribution in [3.63, 3.8) is 0 Å². The number of aldehydes is 1. The Morgan fingerprint density at radius 3 is 2.81 bits per heavy atom. The Balaban J connectivity index is 2.23. The molecule has 1 amide bonds. The van der Waals surface area contributed by atoms with E-state index in [2.05, 4.69) is 10.2 Å². The van der Waals surface area contributed by atoms with Gasteiger partial charge in [0.2, 0.25) is 0 Å². The van der Waals surface area contributed by atoms with Crippen molar-refractivity contribution in [2.45, 2.75) is 0 Å². The van der Waals surface area contributed by atoms with E-state index in [1.807, 2.05) is 7.05 Å². The highest BCUT2D eigenvalue weighted by molar-refractivity contribution is 5.80. The van der Waals surface area contributed by atoms with Crippen molar-refractivity contribution in [2.75, 3.05) is 47.0 Å². The summed E-state index contributed by atoms with van der Waals surface area (Å²) in [6.45, 7) is 2.65. The Kier molecular flexibility index (Phi) is 8.08. The molecule has 1 aromatic rings. The number of nitrogens with zero attached hydrogens (tertiary/aromatic N) is 1. The van der Waals surface area contributed by atoms with Crippen molar-refractivity contribution in [1.29, 1.82) is 0 Å². The minimum Gasteiger partial charge on any atom is -0.483 e. The molecule has 6 heteroatoms. The van der Waals surface area contributed by atoms with Gasteiger partial charge in [-0.05, 0) is 19.2 Å². The second kappa shape index (κ2) is 9.90. The first-order valence-electron chi connectivity index (χ1n) is 6.78. The molecule has 0 heterocycles. The molecule has 0 bridgehead atoms. The summed E-state index contributed by atoms with van der Waals surface area (Å²) in [5, 5.41) is 2.76. The second-order valence-electron chi connectivity index (χ2n) is 4.59. The van der Waals surface area contributed by atoms with Crippen molar-refractivity contribution < 1.29 is 19.1 Å². The molecule has 0 unspecified atom stereocenters. The van der Waals surface area contributed by atoms with E-state index in [-0.39, 0.29) is 12.5 Å². The van der Waals surface area contributed by atoms with E-state index in [0.29, 0.717) is 30.8 Å². The number of methoxy groups -OCH3 is 1. The molecule has 0 aromatic heterocycles. The Morgan fingerprint density at radius 2 is 2.10 bits per heavy atom. The minimum absolute atomic E-state index is 0.105. The van der Waals surface area contributed by atoms with E-state index in [4.69, 9.17) is 9.47 Å². The molecule has 1 aromatic carbocycles. The topological polar surface area (TPSA) is 67.9 Å². The summed E-state index contributed by atoms with van der Waals surface area (Å²) in [6.07, 6.45) is 0.706. The lowest BCUT2D eigenvalue weighted by molar-refractivity contribution is -0.123. The number of carbonyl (C=O) groups is 2. The number of amides is 1. The van der Waals surface area contributed by atoms with Gasteiger partial charge in [0.1, 0.15) is 5.75 Å². The van der Waals surface area contributed by atoms with Crippen LogP contribution in [0, 0.1) is 0 Å². The Labute approximate surface area is 125 Å². The summed E-state index contributed by atoms with van der Waals surface area (Å²) in [4.78, 5) is 24.5. The van der Waals surface area contributed by atoms with Crippen LogP contribution in [-0.2, 0) is 9.53 Å². The molecule has 0 radical (unpaired) electrons. The fourth-order valence-corrected chi connectivity index (χ4v) is 1.65. The molecule has 1 rings (SSSR count). The molecule has 0 aliphatic rings. The third-order valence-corrected chi connectivity index (χ3v) is 2.90. The number of hydrogen-bond acceptors (Lipinski definition) is 5. The van der Waals surface area contributed by atoms with Crippen molar-refractivity contribution in [1.82, 2.24) is 10.2 Å². The lowest BCUT2D eigenvalue weighted by Crippen LogP contribution is -2.36. The average molecular weight is 294 g/mol. The van der Waals surface area contributed by atoms with Crippen LogP contribution in [0.4, 0.5) is 0 Å². The van der Waals surface area contributed by atoms with Crippen molar-refractivity contribution in [3.8, 4) is 5.75 Å². The molecule has 0 atom stereocenters. The van der Waals surface area contributed by atoms with Crippen LogP contribution < -0.4 is 10.1 Å². The Morgan fingerprint density at radius 1 is 1.33 bits per heavy atom. The average Bonchev–Trinajstić information content (AvgIpc) is 2.51. The number of nitrogens with one attached hydrogen (secondary N) is 1. The first kappa shape index (κ1) is 17.1. The van der Waals surface area contributed by atoms with Crippen LogP contribution in [0.15, 0.2) is 24.3 Å². The summed E-state index contributed by atoms with van der Waals surface area (Å²) < 4.78 is 10.3. The summed E-state index contributed by atoms with van der Waals surface area (Å²) in [7, 11) is 3.62. The highest BCUT2D eigenvalue weighted by Crippen LogP contribution is 2.15. The maximum atomic E-state index is 11.6. The third kappa shape index (κ3) is 6.87. The molecule has 0 spiro atoms. The molecule has 1 N–H and O–H groups in total. The normalized spacial score (nSPS) is 10.4. The molecule has 0 aliphatic heterocycles. The van der Waals surface area contributed by atoms with Gasteiger partial charge in [-0.2, -0.15) is 0 Å². The van der Waals surface area contributed by atoms with Gasteiger partial charge in [-0.3, -0.25) is 9.59 Å². The van der Waals surface area contributed by atoms with Crippen molar-refractivity contribution in [2.24, 2.45) is 0 Å². The van der Waals surface area contributed by atoms with Gasteiger partial charge in [-0.25, -0.2) is 0 Å². The molecular weight excluding hydrogens is 272 g/mol. The zero-order chi connectivity index (χ0) is 15.5. The Hall–Kier alpha value is -1.92. The molecule has 0 saturated carbocycles. The van der Waals surface area contributed by atoms with E-state index >= 15 is 0 Å². The minimum atomic E-state index is -0.212. The van der Waals surface area contributed by atoms with E-state index in [1.165, 1.54) is 0 Å². The van der Waals surface area contributed by atoms with Gasteiger partial charge in [-0.15, -0.1) is 0 Å². The number of para-hydroxylation sites is 1. The lowest BCUT2D eigenvalue weighted by Gasteiger charge is -2.16. The monoisotopic (exact) mass is 294 g/mol. The highest BCUT2D eigenvalue weighted by atomic mass is 16.5. The van der Waals surface area contributed by atoms with E-state index < -0.39 is 0 Å². The van der Waals surface area contributed by atoms with Crippen LogP contribution in [0.3, 0.4) is 0 Å². The number of ether oxygens (including phenoxy) is 2. The van der Waals surface area contributed by atoms with Crippen molar-refractivity contribution >= 4 is 12.2 Å². The maximum Gasteiger partial charge on any atom is 0.257 e. The van der Waals surface area contributed by atoms with Gasteiger partial charge >= 0.3 is 0 Å². The maximum absolute atomic E-state index is 11.6. The van der Waals surface area contributed by atoms with E-state index in [0.717, 1.165) is 13.1 Å². The molecular formula is C15H22N2O4. The predicted molar refractivity (Wildman–Crippen MR) is 79.7 cm³/mol. The van der Waals surface area contributed by atoms with E-state index in [9.17, 15) is 9.59 Å². The van der Waals surface area contributed by atoms with Crippen LogP contribution in [0.5, 0.6) is 5.75 Å². The van der Waals surface area contributed by atoms with Gasteiger partial charge in [0.15, 0.2) is 12.9 Å². The first-order valence-corrected chi connectivity index (χ1v) is 6.78. The number of carbonyl (C=O) groups excluding carboxylic acids is 2. The summed E-state index contributed by atoms with van der Waals surface area (Å²) in [5.74, 6) is 0.204. The fraction of sp³-hybridized carbons (Fsp3) is 0.467. The van der Waals surface area contributed by atoms with E-state index in [1.54, 1.807) is 31.4 Å². The van der Waals surface area contributed by atoms with Crippen molar-refractivity contribution in [3.05, 3.63) is 29.8 Å². The molecule has 0 saturated heterocycles. The number of hydrogen-bond donors (Lipinski definition) is 1. The second-order valence-corrected chi connectivity index (χ2v) is 4.59. The zero-order valence-corrected chi connectivity index (χ0v) is 12.5. The van der Waals surface area contributed by atoms with Gasteiger partial charge in [0.05, 0.1) is 12.2 Å². The predicted octanol–water partition coefficient (Wildman–Crippen LogP) is 0.572. The largest absolute Gasteiger partial charge is 0.483 e. The van der Waals surface area contributed by atoms with Gasteiger partial charge in [-0.1, -0.05) is 12.1 Å². The van der Waals surface area contributed by atoms with Crippen LogP contribution in [0.1, 0.15) is 10.4 Å². The van der Waals surface area contributed by atoms with Crippen LogP contribution >= 0.6 is 0 Å². The molecule has 116 valence electrons.